The van der Waals surface area contributed by atoms with E-state index in [9.17, 15) is 18.0 Å². The van der Waals surface area contributed by atoms with Crippen LogP contribution < -0.4 is 14.8 Å². The summed E-state index contributed by atoms with van der Waals surface area (Å²) in [6, 6.07) is 15.6. The van der Waals surface area contributed by atoms with Gasteiger partial charge in [0.25, 0.3) is 0 Å². The Bertz CT molecular complexity index is 1240. The number of aliphatic carboxylic acids is 1. The normalized spacial score (nSPS) is 12.5. The topological polar surface area (TPSA) is 67.8 Å². The Morgan fingerprint density at radius 2 is 1.86 bits per heavy atom. The Hall–Kier alpha value is -3.49. The van der Waals surface area contributed by atoms with E-state index in [0.29, 0.717) is 17.7 Å². The van der Waals surface area contributed by atoms with E-state index in [2.05, 4.69) is 5.32 Å². The van der Waals surface area contributed by atoms with Gasteiger partial charge in [-0.25, -0.2) is 4.79 Å². The molecule has 0 fully saturated rings. The van der Waals surface area contributed by atoms with Crippen LogP contribution in [0.4, 0.5) is 13.2 Å². The van der Waals surface area contributed by atoms with Crippen molar-refractivity contribution in [2.24, 2.45) is 0 Å². The first-order chi connectivity index (χ1) is 17.1. The molecule has 1 atom stereocenters. The fourth-order valence-electron chi connectivity index (χ4n) is 3.50. The van der Waals surface area contributed by atoms with Gasteiger partial charge in [0.05, 0.1) is 12.7 Å². The van der Waals surface area contributed by atoms with Gasteiger partial charge in [-0.3, -0.25) is 0 Å². The second-order valence-corrected chi connectivity index (χ2v) is 8.36. The van der Waals surface area contributed by atoms with Gasteiger partial charge in [0.15, 0.2) is 0 Å². The van der Waals surface area contributed by atoms with Gasteiger partial charge in [0, 0.05) is 23.7 Å². The first kappa shape index (κ1) is 27.1. The third kappa shape index (κ3) is 7.50. The Labute approximate surface area is 212 Å². The lowest BCUT2D eigenvalue weighted by atomic mass is 10.00. The fourth-order valence-corrected chi connectivity index (χ4v) is 3.68. The number of hydrogen-bond acceptors (Lipinski definition) is 4. The highest BCUT2D eigenvalue weighted by Crippen LogP contribution is 2.36. The molecule has 0 aliphatic rings. The fraction of sp³-hybridized carbons (Fsp3) is 0.222. The number of carboxylic acids is 1. The molecule has 0 bridgehead atoms. The highest BCUT2D eigenvalue weighted by molar-refractivity contribution is 6.32. The van der Waals surface area contributed by atoms with Gasteiger partial charge in [-0.1, -0.05) is 29.8 Å². The van der Waals surface area contributed by atoms with Gasteiger partial charge in [-0.15, -0.1) is 0 Å². The van der Waals surface area contributed by atoms with Crippen molar-refractivity contribution in [3.63, 3.8) is 0 Å². The quantitative estimate of drug-likeness (QED) is 0.226. The van der Waals surface area contributed by atoms with Crippen molar-refractivity contribution in [2.75, 3.05) is 20.3 Å². The summed E-state index contributed by atoms with van der Waals surface area (Å²) < 4.78 is 51.6. The average Bonchev–Trinajstić information content (AvgIpc) is 2.85. The highest BCUT2D eigenvalue weighted by Gasteiger charge is 2.31. The van der Waals surface area contributed by atoms with Crippen LogP contribution in [0.25, 0.3) is 17.2 Å². The van der Waals surface area contributed by atoms with Crippen LogP contribution >= 0.6 is 11.6 Å². The molecule has 36 heavy (non-hydrogen) atoms. The Balaban J connectivity index is 1.77. The molecule has 0 saturated carbocycles. The Morgan fingerprint density at radius 1 is 1.08 bits per heavy atom. The van der Waals surface area contributed by atoms with E-state index in [4.69, 9.17) is 26.2 Å². The van der Waals surface area contributed by atoms with Gasteiger partial charge >= 0.3 is 12.1 Å². The minimum atomic E-state index is -4.58. The molecule has 9 heteroatoms. The molecule has 3 aromatic carbocycles. The van der Waals surface area contributed by atoms with Crippen molar-refractivity contribution in [1.29, 1.82) is 0 Å². The number of hydrogen-bond donors (Lipinski definition) is 2. The zero-order valence-electron chi connectivity index (χ0n) is 19.6. The molecule has 0 spiro atoms. The summed E-state index contributed by atoms with van der Waals surface area (Å²) >= 11 is 6.11. The number of carboxylic acid groups (broad SMARTS) is 1. The molecule has 5 nitrogen and oxygen atoms in total. The number of methoxy groups -OCH3 is 1. The maximum atomic E-state index is 13.6. The van der Waals surface area contributed by atoms with Crippen molar-refractivity contribution < 1.29 is 32.5 Å². The number of carbonyl (C=O) groups is 1. The summed E-state index contributed by atoms with van der Waals surface area (Å²) in [5, 5.41) is 12.4. The average molecular weight is 520 g/mol. The molecule has 0 amide bonds. The summed E-state index contributed by atoms with van der Waals surface area (Å²) in [5.41, 5.74) is 1.22. The monoisotopic (exact) mass is 519 g/mol. The first-order valence-corrected chi connectivity index (χ1v) is 11.4. The van der Waals surface area contributed by atoms with Gasteiger partial charge < -0.3 is 19.9 Å². The van der Waals surface area contributed by atoms with E-state index in [1.54, 1.807) is 13.2 Å². The summed E-state index contributed by atoms with van der Waals surface area (Å²) in [6.45, 7) is 2.51. The lowest BCUT2D eigenvalue weighted by molar-refractivity contribution is -0.137. The van der Waals surface area contributed by atoms with Crippen molar-refractivity contribution in [2.45, 2.75) is 19.1 Å². The zero-order valence-corrected chi connectivity index (χ0v) is 20.4. The Morgan fingerprint density at radius 3 is 2.56 bits per heavy atom. The van der Waals surface area contributed by atoms with Crippen LogP contribution in [-0.2, 0) is 11.0 Å². The molecule has 0 aliphatic carbocycles. The number of ether oxygens (including phenoxy) is 2. The summed E-state index contributed by atoms with van der Waals surface area (Å²) in [7, 11) is 1.59. The lowest BCUT2D eigenvalue weighted by Gasteiger charge is -2.17. The van der Waals surface area contributed by atoms with Crippen LogP contribution in [0.5, 0.6) is 11.5 Å². The Kier molecular flexibility index (Phi) is 9.01. The second kappa shape index (κ2) is 12.0. The molecule has 0 saturated heterocycles. The van der Waals surface area contributed by atoms with Crippen molar-refractivity contribution in [3.05, 3.63) is 88.5 Å². The third-order valence-corrected chi connectivity index (χ3v) is 5.73. The van der Waals surface area contributed by atoms with Gasteiger partial charge in [-0.05, 0) is 77.7 Å². The van der Waals surface area contributed by atoms with Gasteiger partial charge in [0.1, 0.15) is 18.1 Å². The van der Waals surface area contributed by atoms with Gasteiger partial charge in [-0.2, -0.15) is 13.2 Å². The number of benzene rings is 3. The summed E-state index contributed by atoms with van der Waals surface area (Å²) in [4.78, 5) is 10.8. The van der Waals surface area contributed by atoms with Crippen LogP contribution in [0.15, 0.2) is 66.7 Å². The lowest BCUT2D eigenvalue weighted by Crippen LogP contribution is -2.24. The highest BCUT2D eigenvalue weighted by atomic mass is 35.5. The van der Waals surface area contributed by atoms with Crippen LogP contribution in [0.3, 0.4) is 0 Å². The number of nitrogens with one attached hydrogen (secondary N) is 1. The van der Waals surface area contributed by atoms with Crippen molar-refractivity contribution in [1.82, 2.24) is 5.32 Å². The van der Waals surface area contributed by atoms with Crippen LogP contribution in [-0.4, -0.2) is 31.3 Å². The molecule has 0 radical (unpaired) electrons. The number of rotatable bonds is 10. The summed E-state index contributed by atoms with van der Waals surface area (Å²) in [6.07, 6.45) is -2.38. The van der Waals surface area contributed by atoms with E-state index >= 15 is 0 Å². The number of alkyl halides is 3. The molecule has 0 unspecified atom stereocenters. The maximum Gasteiger partial charge on any atom is 0.416 e. The molecular formula is C27H25ClF3NO4. The zero-order chi connectivity index (χ0) is 26.3. The SMILES string of the molecule is COc1cccc([C@@H](C)NCCOc2cc(-c3ccc(Cl)c(/C=C/C(=O)O)c3)cc(C(F)(F)F)c2)c1. The predicted octanol–water partition coefficient (Wildman–Crippen LogP) is 6.86. The molecular weight excluding hydrogens is 495 g/mol. The van der Waals surface area contributed by atoms with E-state index in [1.807, 2.05) is 31.2 Å². The maximum absolute atomic E-state index is 13.6. The second-order valence-electron chi connectivity index (χ2n) is 7.95. The smallest absolute Gasteiger partial charge is 0.416 e. The first-order valence-electron chi connectivity index (χ1n) is 11.0. The van der Waals surface area contributed by atoms with Crippen LogP contribution in [0, 0.1) is 0 Å². The third-order valence-electron chi connectivity index (χ3n) is 5.38. The molecule has 190 valence electrons. The summed E-state index contributed by atoms with van der Waals surface area (Å²) in [5.74, 6) is -0.369. The minimum Gasteiger partial charge on any atom is -0.497 e. The molecule has 3 rings (SSSR count). The van der Waals surface area contributed by atoms with Gasteiger partial charge in [0.2, 0.25) is 0 Å². The molecule has 3 aromatic rings. The van der Waals surface area contributed by atoms with E-state index < -0.39 is 17.7 Å². The minimum absolute atomic E-state index is 0.0212. The standard InChI is InChI=1S/C27H25ClF3NO4/c1-17(18-4-3-5-23(14-18)35-2)32-10-11-36-24-15-21(13-22(16-24)27(29,30)31)19-6-8-25(28)20(12-19)7-9-26(33)34/h3-9,12-17,32H,10-11H2,1-2H3,(H,33,34)/b9-7+/t17-/m1/s1. The molecule has 2 N–H and O–H groups in total. The van der Waals surface area contributed by atoms with Crippen LogP contribution in [0.2, 0.25) is 5.02 Å². The van der Waals surface area contributed by atoms with E-state index in [-0.39, 0.29) is 29.0 Å². The molecule has 0 aliphatic heterocycles. The van der Waals surface area contributed by atoms with E-state index in [1.165, 1.54) is 24.3 Å². The molecule has 0 aromatic heterocycles. The number of halogens is 4. The van der Waals surface area contributed by atoms with Crippen molar-refractivity contribution in [3.8, 4) is 22.6 Å². The largest absolute Gasteiger partial charge is 0.497 e. The van der Waals surface area contributed by atoms with Crippen LogP contribution in [0.1, 0.15) is 29.7 Å². The van der Waals surface area contributed by atoms with E-state index in [0.717, 1.165) is 29.5 Å². The van der Waals surface area contributed by atoms with Crippen molar-refractivity contribution >= 4 is 23.6 Å². The predicted molar refractivity (Wildman–Crippen MR) is 133 cm³/mol. The molecule has 0 heterocycles.